The van der Waals surface area contributed by atoms with Gasteiger partial charge in [0.15, 0.2) is 0 Å². The Hall–Kier alpha value is -0.740. The van der Waals surface area contributed by atoms with Crippen molar-refractivity contribution in [2.24, 2.45) is 5.73 Å². The van der Waals surface area contributed by atoms with Crippen LogP contribution < -0.4 is 5.73 Å². The van der Waals surface area contributed by atoms with Gasteiger partial charge in [-0.3, -0.25) is 0 Å². The van der Waals surface area contributed by atoms with Gasteiger partial charge in [0.05, 0.1) is 16.6 Å². The summed E-state index contributed by atoms with van der Waals surface area (Å²) in [4.78, 5) is 1.04. The van der Waals surface area contributed by atoms with E-state index in [2.05, 4.69) is 30.0 Å². The van der Waals surface area contributed by atoms with Crippen LogP contribution in [-0.2, 0) is 0 Å². The summed E-state index contributed by atoms with van der Waals surface area (Å²) >= 11 is 1.37. The molecule has 13 heavy (non-hydrogen) atoms. The second kappa shape index (κ2) is 3.98. The van der Waals surface area contributed by atoms with Crippen LogP contribution >= 0.6 is 11.5 Å². The maximum Gasteiger partial charge on any atom is 0.0832 e. The van der Waals surface area contributed by atoms with E-state index in [1.807, 2.05) is 6.92 Å². The second-order valence-electron chi connectivity index (χ2n) is 3.50. The van der Waals surface area contributed by atoms with Crippen molar-refractivity contribution < 1.29 is 0 Å². The van der Waals surface area contributed by atoms with Gasteiger partial charge in [0.2, 0.25) is 0 Å². The van der Waals surface area contributed by atoms with Crippen molar-refractivity contribution in [2.45, 2.75) is 32.7 Å². The van der Waals surface area contributed by atoms with E-state index >= 15 is 0 Å². The Morgan fingerprint density at radius 3 is 2.62 bits per heavy atom. The Bertz CT molecular complexity index is 304. The van der Waals surface area contributed by atoms with Gasteiger partial charge in [-0.2, -0.15) is 0 Å². The molecule has 3 nitrogen and oxygen atoms in total. The third-order valence-corrected chi connectivity index (χ3v) is 2.72. The molecule has 4 heteroatoms. The third-order valence-electron chi connectivity index (χ3n) is 1.90. The number of hydrogen-bond donors (Lipinski definition) is 1. The average molecular weight is 197 g/mol. The van der Waals surface area contributed by atoms with E-state index < -0.39 is 0 Å². The number of aromatic nitrogens is 2. The molecule has 1 aromatic rings. The Kier molecular flexibility index (Phi) is 3.17. The minimum Gasteiger partial charge on any atom is -0.320 e. The SMILES string of the molecule is C=C(C)C(N)c1snnc1C(C)C. The van der Waals surface area contributed by atoms with Crippen molar-refractivity contribution in [3.63, 3.8) is 0 Å². The third kappa shape index (κ3) is 2.14. The summed E-state index contributed by atoms with van der Waals surface area (Å²) in [5.74, 6) is 0.374. The standard InChI is InChI=1S/C9H15N3S/c1-5(2)7(10)9-8(6(3)4)11-12-13-9/h6-7H,1,10H2,2-4H3. The molecule has 0 aliphatic carbocycles. The molecule has 0 spiro atoms. The lowest BCUT2D eigenvalue weighted by Gasteiger charge is -2.11. The maximum absolute atomic E-state index is 5.95. The topological polar surface area (TPSA) is 51.8 Å². The lowest BCUT2D eigenvalue weighted by molar-refractivity contribution is 0.765. The molecule has 0 saturated heterocycles. The van der Waals surface area contributed by atoms with Crippen molar-refractivity contribution in [1.82, 2.24) is 9.59 Å². The Balaban J connectivity index is 3.00. The molecule has 1 rings (SSSR count). The van der Waals surface area contributed by atoms with Crippen LogP contribution in [-0.4, -0.2) is 9.59 Å². The van der Waals surface area contributed by atoms with E-state index in [9.17, 15) is 0 Å². The number of nitrogens with zero attached hydrogens (tertiary/aromatic N) is 2. The zero-order valence-corrected chi connectivity index (χ0v) is 9.06. The van der Waals surface area contributed by atoms with Gasteiger partial charge in [-0.25, -0.2) is 0 Å². The zero-order valence-electron chi connectivity index (χ0n) is 8.24. The highest BCUT2D eigenvalue weighted by atomic mass is 32.1. The van der Waals surface area contributed by atoms with Gasteiger partial charge in [-0.15, -0.1) is 5.10 Å². The molecule has 0 amide bonds. The first-order valence-electron chi connectivity index (χ1n) is 4.27. The van der Waals surface area contributed by atoms with Crippen LogP contribution in [0.25, 0.3) is 0 Å². The predicted octanol–water partition coefficient (Wildman–Crippen LogP) is 2.24. The molecule has 0 saturated carbocycles. The minimum atomic E-state index is -0.114. The summed E-state index contributed by atoms with van der Waals surface area (Å²) in [6.45, 7) is 9.94. The molecule has 0 aromatic carbocycles. The van der Waals surface area contributed by atoms with Gasteiger partial charge < -0.3 is 5.73 Å². The molecule has 0 aliphatic rings. The molecule has 1 unspecified atom stereocenters. The maximum atomic E-state index is 5.95. The average Bonchev–Trinajstić information content (AvgIpc) is 2.50. The van der Waals surface area contributed by atoms with E-state index in [0.29, 0.717) is 5.92 Å². The molecule has 0 aliphatic heterocycles. The Morgan fingerprint density at radius 2 is 2.15 bits per heavy atom. The first-order valence-corrected chi connectivity index (χ1v) is 5.04. The summed E-state index contributed by atoms with van der Waals surface area (Å²) in [5.41, 5.74) is 7.90. The summed E-state index contributed by atoms with van der Waals surface area (Å²) < 4.78 is 3.92. The van der Waals surface area contributed by atoms with Gasteiger partial charge in [-0.1, -0.05) is 30.5 Å². The summed E-state index contributed by atoms with van der Waals surface area (Å²) in [5, 5.41) is 4.07. The van der Waals surface area contributed by atoms with Crippen LogP contribution in [0.3, 0.4) is 0 Å². The first-order chi connectivity index (χ1) is 6.04. The van der Waals surface area contributed by atoms with Gasteiger partial charge >= 0.3 is 0 Å². The molecule has 0 fully saturated rings. The van der Waals surface area contributed by atoms with Crippen LogP contribution in [0.2, 0.25) is 0 Å². The van der Waals surface area contributed by atoms with Crippen LogP contribution in [0.15, 0.2) is 12.2 Å². The van der Waals surface area contributed by atoms with Crippen LogP contribution in [0.5, 0.6) is 0 Å². The fourth-order valence-corrected chi connectivity index (χ4v) is 1.95. The fourth-order valence-electron chi connectivity index (χ4n) is 1.04. The molecule has 1 aromatic heterocycles. The Labute approximate surface area is 82.8 Å². The molecule has 1 heterocycles. The lowest BCUT2D eigenvalue weighted by Crippen LogP contribution is -2.12. The van der Waals surface area contributed by atoms with E-state index in [-0.39, 0.29) is 6.04 Å². The van der Waals surface area contributed by atoms with Gasteiger partial charge in [0, 0.05) is 0 Å². The largest absolute Gasteiger partial charge is 0.320 e. The molecular formula is C9H15N3S. The van der Waals surface area contributed by atoms with E-state index in [0.717, 1.165) is 16.1 Å². The Morgan fingerprint density at radius 1 is 1.54 bits per heavy atom. The smallest absolute Gasteiger partial charge is 0.0832 e. The quantitative estimate of drug-likeness (QED) is 0.756. The zero-order chi connectivity index (χ0) is 10.0. The highest BCUT2D eigenvalue weighted by molar-refractivity contribution is 7.05. The normalized spacial score (nSPS) is 13.3. The van der Waals surface area contributed by atoms with Crippen molar-refractivity contribution in [1.29, 1.82) is 0 Å². The van der Waals surface area contributed by atoms with Crippen molar-refractivity contribution in [3.8, 4) is 0 Å². The molecule has 0 bridgehead atoms. The van der Waals surface area contributed by atoms with Crippen molar-refractivity contribution in [3.05, 3.63) is 22.7 Å². The molecular weight excluding hydrogens is 182 g/mol. The summed E-state index contributed by atoms with van der Waals surface area (Å²) in [7, 11) is 0. The second-order valence-corrected chi connectivity index (χ2v) is 4.29. The fraction of sp³-hybridized carbons (Fsp3) is 0.556. The molecule has 1 atom stereocenters. The summed E-state index contributed by atoms with van der Waals surface area (Å²) in [6.07, 6.45) is 0. The summed E-state index contributed by atoms with van der Waals surface area (Å²) in [6, 6.07) is -0.114. The monoisotopic (exact) mass is 197 g/mol. The van der Waals surface area contributed by atoms with Crippen LogP contribution in [0, 0.1) is 0 Å². The van der Waals surface area contributed by atoms with E-state index in [4.69, 9.17) is 5.73 Å². The van der Waals surface area contributed by atoms with Crippen molar-refractivity contribution in [2.75, 3.05) is 0 Å². The van der Waals surface area contributed by atoms with E-state index in [1.165, 1.54) is 11.5 Å². The number of hydrogen-bond acceptors (Lipinski definition) is 4. The number of nitrogens with two attached hydrogens (primary N) is 1. The molecule has 2 N–H and O–H groups in total. The highest BCUT2D eigenvalue weighted by Gasteiger charge is 2.17. The minimum absolute atomic E-state index is 0.114. The van der Waals surface area contributed by atoms with Crippen LogP contribution in [0.4, 0.5) is 0 Å². The first kappa shape index (κ1) is 10.3. The van der Waals surface area contributed by atoms with Gasteiger partial charge in [0.1, 0.15) is 0 Å². The molecule has 72 valence electrons. The van der Waals surface area contributed by atoms with E-state index in [1.54, 1.807) is 0 Å². The predicted molar refractivity (Wildman–Crippen MR) is 55.7 cm³/mol. The van der Waals surface area contributed by atoms with Gasteiger partial charge in [-0.05, 0) is 24.4 Å². The highest BCUT2D eigenvalue weighted by Crippen LogP contribution is 2.27. The van der Waals surface area contributed by atoms with Gasteiger partial charge in [0.25, 0.3) is 0 Å². The number of rotatable bonds is 3. The molecule has 0 radical (unpaired) electrons. The van der Waals surface area contributed by atoms with Crippen LogP contribution in [0.1, 0.15) is 43.3 Å². The van der Waals surface area contributed by atoms with Crippen molar-refractivity contribution >= 4 is 11.5 Å². The lowest BCUT2D eigenvalue weighted by atomic mass is 10.0.